The molecule has 1 unspecified atom stereocenters. The number of hydrogen-bond donors (Lipinski definition) is 0. The van der Waals surface area contributed by atoms with Crippen LogP contribution in [0.1, 0.15) is 88.3 Å². The molecule has 0 saturated carbocycles. The Balaban J connectivity index is 1.61. The first-order chi connectivity index (χ1) is 15.7. The van der Waals surface area contributed by atoms with E-state index in [2.05, 4.69) is 24.8 Å². The molecule has 0 N–H and O–H groups in total. The van der Waals surface area contributed by atoms with Gasteiger partial charge in [-0.05, 0) is 58.9 Å². The van der Waals surface area contributed by atoms with Gasteiger partial charge in [0.25, 0.3) is 0 Å². The second-order valence-electron chi connectivity index (χ2n) is 11.1. The maximum atomic E-state index is 13.5. The average molecular weight is 453 g/mol. The Kier molecular flexibility index (Phi) is 5.45. The summed E-state index contributed by atoms with van der Waals surface area (Å²) in [6, 6.07) is 1.78. The maximum absolute atomic E-state index is 13.5. The number of ether oxygens (including phenoxy) is 1. The first-order valence-corrected chi connectivity index (χ1v) is 12.4. The predicted octanol–water partition coefficient (Wildman–Crippen LogP) is 5.50. The summed E-state index contributed by atoms with van der Waals surface area (Å²) in [4.78, 5) is 30.6. The normalized spacial score (nSPS) is 32.5. The summed E-state index contributed by atoms with van der Waals surface area (Å²) in [7, 11) is 0. The molecule has 1 aromatic rings. The Labute approximate surface area is 196 Å². The molecular weight excluding hydrogens is 416 g/mol. The van der Waals surface area contributed by atoms with E-state index in [0.29, 0.717) is 13.0 Å². The Hall–Kier alpha value is -2.50. The van der Waals surface area contributed by atoms with Crippen LogP contribution in [0.25, 0.3) is 0 Å². The van der Waals surface area contributed by atoms with E-state index < -0.39 is 5.60 Å². The third-order valence-electron chi connectivity index (χ3n) is 7.79. The Morgan fingerprint density at radius 3 is 2.82 bits per heavy atom. The van der Waals surface area contributed by atoms with Crippen LogP contribution in [0.5, 0.6) is 0 Å². The summed E-state index contributed by atoms with van der Waals surface area (Å²) in [5.74, 6) is 2.08. The fourth-order valence-electron chi connectivity index (χ4n) is 6.49. The number of likely N-dealkylation sites (tertiary alicyclic amines) is 1. The molecule has 0 radical (unpaired) electrons. The number of rotatable bonds is 1. The smallest absolute Gasteiger partial charge is 0.411 e. The minimum absolute atomic E-state index is 0.0642. The van der Waals surface area contributed by atoms with Gasteiger partial charge >= 0.3 is 6.09 Å². The highest BCUT2D eigenvalue weighted by molar-refractivity contribution is 5.80. The summed E-state index contributed by atoms with van der Waals surface area (Å²) in [5, 5.41) is 0. The van der Waals surface area contributed by atoms with Crippen LogP contribution in [0.2, 0.25) is 0 Å². The molecule has 6 rings (SSSR count). The monoisotopic (exact) mass is 452 g/mol. The highest BCUT2D eigenvalue weighted by Crippen LogP contribution is 2.67. The van der Waals surface area contributed by atoms with Gasteiger partial charge in [0, 0.05) is 42.8 Å². The lowest BCUT2D eigenvalue weighted by atomic mass is 9.68. The number of allylic oxidation sites excluding steroid dienone is 2. The van der Waals surface area contributed by atoms with Crippen LogP contribution in [-0.4, -0.2) is 46.5 Å². The van der Waals surface area contributed by atoms with Crippen LogP contribution < -0.4 is 0 Å². The molecule has 1 aliphatic carbocycles. The fourth-order valence-corrected chi connectivity index (χ4v) is 6.49. The maximum Gasteiger partial charge on any atom is 0.411 e. The first-order valence-electron chi connectivity index (χ1n) is 12.4. The molecule has 5 heterocycles. The Bertz CT molecular complexity index is 987. The van der Waals surface area contributed by atoms with Gasteiger partial charge in [-0.3, -0.25) is 9.69 Å². The minimum Gasteiger partial charge on any atom is -0.464 e. The van der Waals surface area contributed by atoms with Gasteiger partial charge in [-0.1, -0.05) is 18.2 Å². The molecule has 2 saturated heterocycles. The second kappa shape index (κ2) is 8.07. The largest absolute Gasteiger partial charge is 0.464 e. The number of carbonyl (C=O) groups is 2. The van der Waals surface area contributed by atoms with Gasteiger partial charge < -0.3 is 14.1 Å². The number of aryl methyl sites for hydroxylation is 1. The van der Waals surface area contributed by atoms with Crippen molar-refractivity contribution in [1.29, 1.82) is 0 Å². The van der Waals surface area contributed by atoms with E-state index >= 15 is 0 Å². The van der Waals surface area contributed by atoms with Crippen molar-refractivity contribution in [3.05, 3.63) is 48.0 Å². The zero-order valence-electron chi connectivity index (χ0n) is 20.1. The SMILES string of the molecule is C=C[C@H]1C[C@@]23CN4CCCC/C=C\CCc5cc(c(o5)[C@H]2N1C(=O)OC(C)(C)C)C3CC4=O. The number of hydrogen-bond acceptors (Lipinski definition) is 4. The Morgan fingerprint density at radius 1 is 1.27 bits per heavy atom. The van der Waals surface area contributed by atoms with Crippen LogP contribution in [0.3, 0.4) is 0 Å². The molecule has 1 aromatic heterocycles. The van der Waals surface area contributed by atoms with Crippen molar-refractivity contribution < 1.29 is 18.7 Å². The Morgan fingerprint density at radius 2 is 2.06 bits per heavy atom. The number of nitrogens with zero attached hydrogens (tertiary/aromatic N) is 2. The number of piperidine rings is 1. The molecule has 1 spiro atoms. The molecule has 2 amide bonds. The summed E-state index contributed by atoms with van der Waals surface area (Å²) in [5.41, 5.74) is 0.275. The van der Waals surface area contributed by atoms with E-state index in [1.54, 1.807) is 0 Å². The lowest BCUT2D eigenvalue weighted by molar-refractivity contribution is -0.139. The molecule has 6 nitrogen and oxygen atoms in total. The third kappa shape index (κ3) is 3.71. The second-order valence-corrected chi connectivity index (χ2v) is 11.1. The van der Waals surface area contributed by atoms with Gasteiger partial charge in [0.05, 0.1) is 6.04 Å². The van der Waals surface area contributed by atoms with E-state index in [1.807, 2.05) is 36.6 Å². The van der Waals surface area contributed by atoms with Crippen molar-refractivity contribution >= 4 is 12.0 Å². The average Bonchev–Trinajstić information content (AvgIpc) is 3.34. The van der Waals surface area contributed by atoms with Gasteiger partial charge in [-0.25, -0.2) is 4.79 Å². The molecule has 6 heteroatoms. The summed E-state index contributed by atoms with van der Waals surface area (Å²) < 4.78 is 12.3. The molecule has 4 atom stereocenters. The molecule has 5 aliphatic rings. The predicted molar refractivity (Wildman–Crippen MR) is 126 cm³/mol. The van der Waals surface area contributed by atoms with Crippen LogP contribution >= 0.6 is 0 Å². The van der Waals surface area contributed by atoms with Crippen molar-refractivity contribution in [3.63, 3.8) is 0 Å². The molecule has 4 aliphatic heterocycles. The highest BCUT2D eigenvalue weighted by atomic mass is 16.6. The molecule has 2 fully saturated rings. The molecular formula is C27H36N2O4. The van der Waals surface area contributed by atoms with E-state index in [0.717, 1.165) is 62.2 Å². The highest BCUT2D eigenvalue weighted by Gasteiger charge is 2.67. The van der Waals surface area contributed by atoms with E-state index in [9.17, 15) is 9.59 Å². The van der Waals surface area contributed by atoms with Crippen LogP contribution in [-0.2, 0) is 16.0 Å². The minimum atomic E-state index is -0.593. The van der Waals surface area contributed by atoms with Crippen molar-refractivity contribution in [1.82, 2.24) is 9.80 Å². The lowest BCUT2D eigenvalue weighted by Gasteiger charge is -2.45. The number of furan rings is 1. The third-order valence-corrected chi connectivity index (χ3v) is 7.79. The van der Waals surface area contributed by atoms with Crippen LogP contribution in [0.4, 0.5) is 4.79 Å². The quantitative estimate of drug-likeness (QED) is 0.528. The zero-order chi connectivity index (χ0) is 23.4. The van der Waals surface area contributed by atoms with Crippen LogP contribution in [0, 0.1) is 5.41 Å². The summed E-state index contributed by atoms with van der Waals surface area (Å²) >= 11 is 0. The van der Waals surface area contributed by atoms with Gasteiger partial charge in [0.15, 0.2) is 0 Å². The van der Waals surface area contributed by atoms with Crippen LogP contribution in [0.15, 0.2) is 35.3 Å². The van der Waals surface area contributed by atoms with Gasteiger partial charge in [-0.2, -0.15) is 0 Å². The molecule has 33 heavy (non-hydrogen) atoms. The van der Waals surface area contributed by atoms with Crippen molar-refractivity contribution in [2.24, 2.45) is 5.41 Å². The lowest BCUT2D eigenvalue weighted by Crippen LogP contribution is -2.51. The number of fused-ring (bicyclic) bond motifs is 7. The van der Waals surface area contributed by atoms with Crippen molar-refractivity contribution in [2.75, 3.05) is 13.1 Å². The van der Waals surface area contributed by atoms with Gasteiger partial charge in [0.1, 0.15) is 23.2 Å². The fraction of sp³-hybridized carbons (Fsp3) is 0.630. The summed E-state index contributed by atoms with van der Waals surface area (Å²) in [6.45, 7) is 11.2. The topological polar surface area (TPSA) is 63.0 Å². The van der Waals surface area contributed by atoms with Gasteiger partial charge in [-0.15, -0.1) is 6.58 Å². The van der Waals surface area contributed by atoms with E-state index in [-0.39, 0.29) is 35.4 Å². The van der Waals surface area contributed by atoms with Crippen molar-refractivity contribution in [3.8, 4) is 0 Å². The number of carbonyl (C=O) groups excluding carboxylic acids is 2. The first kappa shape index (κ1) is 22.3. The summed E-state index contributed by atoms with van der Waals surface area (Å²) in [6.07, 6.45) is 12.1. The van der Waals surface area contributed by atoms with Crippen molar-refractivity contribution in [2.45, 2.75) is 89.3 Å². The van der Waals surface area contributed by atoms with E-state index in [4.69, 9.17) is 9.15 Å². The molecule has 6 bridgehead atoms. The number of amides is 2. The molecule has 178 valence electrons. The molecule has 0 aromatic carbocycles. The standard InChI is InChI=1S/C27H36N2O4/c1-5-18-16-27-17-28-13-11-9-7-6-8-10-12-19-14-20(21(27)15-22(28)30)23(32-19)24(27)29(18)25(31)33-26(2,3)4/h5-6,8,14,18,21,24H,1,7,9-13,15-17H2,2-4H3/b8-6-/t18-,21?,24+,27-/m0/s1. The van der Waals surface area contributed by atoms with E-state index in [1.165, 1.54) is 0 Å². The zero-order valence-corrected chi connectivity index (χ0v) is 20.1. The van der Waals surface area contributed by atoms with Gasteiger partial charge in [0.2, 0.25) is 5.91 Å².